The van der Waals surface area contributed by atoms with Gasteiger partial charge < -0.3 is 5.73 Å². The van der Waals surface area contributed by atoms with Gasteiger partial charge in [-0.1, -0.05) is 0 Å². The minimum absolute atomic E-state index is 0.182. The minimum Gasteiger partial charge on any atom is -0.323 e. The lowest BCUT2D eigenvalue weighted by atomic mass is 10.1. The summed E-state index contributed by atoms with van der Waals surface area (Å²) in [6.45, 7) is 3.55. The SMILES string of the molecule is Cc1cc(F)cc(C(=O)Nc2nc(C(C)N)cs2)c1. The lowest BCUT2D eigenvalue weighted by Crippen LogP contribution is -2.13. The van der Waals surface area contributed by atoms with Crippen LogP contribution in [-0.2, 0) is 0 Å². The molecule has 3 N–H and O–H groups in total. The Hall–Kier alpha value is -1.79. The number of nitrogens with two attached hydrogens (primary N) is 1. The number of carbonyl (C=O) groups is 1. The van der Waals surface area contributed by atoms with E-state index >= 15 is 0 Å². The zero-order chi connectivity index (χ0) is 14.0. The summed E-state index contributed by atoms with van der Waals surface area (Å²) in [4.78, 5) is 16.1. The van der Waals surface area contributed by atoms with Gasteiger partial charge in [-0.15, -0.1) is 11.3 Å². The minimum atomic E-state index is -0.430. The molecule has 0 spiro atoms. The van der Waals surface area contributed by atoms with Gasteiger partial charge in [0.05, 0.1) is 5.69 Å². The number of anilines is 1. The van der Waals surface area contributed by atoms with E-state index in [4.69, 9.17) is 5.73 Å². The van der Waals surface area contributed by atoms with Crippen molar-refractivity contribution in [1.29, 1.82) is 0 Å². The van der Waals surface area contributed by atoms with E-state index in [-0.39, 0.29) is 17.5 Å². The zero-order valence-corrected chi connectivity index (χ0v) is 11.4. The second-order valence-electron chi connectivity index (χ2n) is 4.34. The van der Waals surface area contributed by atoms with Crippen molar-refractivity contribution in [3.63, 3.8) is 0 Å². The molecule has 1 aromatic heterocycles. The molecule has 1 unspecified atom stereocenters. The van der Waals surface area contributed by atoms with E-state index in [1.54, 1.807) is 18.4 Å². The Morgan fingerprint density at radius 3 is 2.79 bits per heavy atom. The number of halogens is 1. The summed E-state index contributed by atoms with van der Waals surface area (Å²) in [7, 11) is 0. The number of amides is 1. The normalized spacial score (nSPS) is 12.2. The fourth-order valence-corrected chi connectivity index (χ4v) is 2.40. The predicted octanol–water partition coefficient (Wildman–Crippen LogP) is 2.86. The number of hydrogen-bond acceptors (Lipinski definition) is 4. The Balaban J connectivity index is 2.15. The molecule has 1 atom stereocenters. The third kappa shape index (κ3) is 3.36. The van der Waals surface area contributed by atoms with Crippen molar-refractivity contribution in [2.24, 2.45) is 5.73 Å². The highest BCUT2D eigenvalue weighted by Gasteiger charge is 2.11. The van der Waals surface area contributed by atoms with E-state index in [1.165, 1.54) is 23.5 Å². The van der Waals surface area contributed by atoms with Gasteiger partial charge >= 0.3 is 0 Å². The lowest BCUT2D eigenvalue weighted by molar-refractivity contribution is 0.102. The maximum absolute atomic E-state index is 13.2. The van der Waals surface area contributed by atoms with Crippen molar-refractivity contribution in [3.05, 3.63) is 46.2 Å². The van der Waals surface area contributed by atoms with Crippen molar-refractivity contribution in [3.8, 4) is 0 Å². The fourth-order valence-electron chi connectivity index (χ4n) is 1.59. The third-order valence-electron chi connectivity index (χ3n) is 2.51. The molecule has 0 fully saturated rings. The van der Waals surface area contributed by atoms with Gasteiger partial charge in [0.2, 0.25) is 0 Å². The molecule has 19 heavy (non-hydrogen) atoms. The van der Waals surface area contributed by atoms with E-state index in [9.17, 15) is 9.18 Å². The Morgan fingerprint density at radius 2 is 2.21 bits per heavy atom. The number of rotatable bonds is 3. The van der Waals surface area contributed by atoms with Crippen LogP contribution in [0.4, 0.5) is 9.52 Å². The summed E-state index contributed by atoms with van der Waals surface area (Å²) in [5.74, 6) is -0.811. The third-order valence-corrected chi connectivity index (χ3v) is 3.29. The second kappa shape index (κ2) is 5.46. The van der Waals surface area contributed by atoms with Gasteiger partial charge in [0, 0.05) is 17.0 Å². The van der Waals surface area contributed by atoms with Crippen molar-refractivity contribution in [2.45, 2.75) is 19.9 Å². The van der Waals surface area contributed by atoms with Crippen LogP contribution < -0.4 is 11.1 Å². The molecular formula is C13H14FN3OS. The van der Waals surface area contributed by atoms with Crippen LogP contribution in [0.15, 0.2) is 23.6 Å². The molecule has 2 rings (SSSR count). The van der Waals surface area contributed by atoms with Gasteiger partial charge in [0.15, 0.2) is 5.13 Å². The number of nitrogens with zero attached hydrogens (tertiary/aromatic N) is 1. The van der Waals surface area contributed by atoms with Crippen LogP contribution in [0.25, 0.3) is 0 Å². The highest BCUT2D eigenvalue weighted by atomic mass is 32.1. The van der Waals surface area contributed by atoms with E-state index < -0.39 is 5.82 Å². The van der Waals surface area contributed by atoms with Crippen LogP contribution in [0.2, 0.25) is 0 Å². The summed E-state index contributed by atoms with van der Waals surface area (Å²) in [5.41, 5.74) is 7.38. The Labute approximate surface area is 114 Å². The maximum atomic E-state index is 13.2. The quantitative estimate of drug-likeness (QED) is 0.907. The van der Waals surface area contributed by atoms with Crippen LogP contribution in [0.5, 0.6) is 0 Å². The molecule has 4 nitrogen and oxygen atoms in total. The van der Waals surface area contributed by atoms with Gasteiger partial charge in [-0.3, -0.25) is 10.1 Å². The monoisotopic (exact) mass is 279 g/mol. The maximum Gasteiger partial charge on any atom is 0.257 e. The smallest absolute Gasteiger partial charge is 0.257 e. The first-order chi connectivity index (χ1) is 8.95. The number of carbonyl (C=O) groups excluding carboxylic acids is 1. The average molecular weight is 279 g/mol. The van der Waals surface area contributed by atoms with Crippen LogP contribution in [0, 0.1) is 12.7 Å². The van der Waals surface area contributed by atoms with E-state index in [1.807, 2.05) is 6.92 Å². The summed E-state index contributed by atoms with van der Waals surface area (Å²) < 4.78 is 13.2. The predicted molar refractivity (Wildman–Crippen MR) is 73.8 cm³/mol. The van der Waals surface area contributed by atoms with Crippen molar-refractivity contribution >= 4 is 22.4 Å². The number of aromatic nitrogens is 1. The first-order valence-electron chi connectivity index (χ1n) is 5.75. The molecule has 1 amide bonds. The van der Waals surface area contributed by atoms with Crippen LogP contribution in [0.3, 0.4) is 0 Å². The first-order valence-corrected chi connectivity index (χ1v) is 6.63. The molecule has 0 radical (unpaired) electrons. The molecule has 1 heterocycles. The first kappa shape index (κ1) is 13.6. The van der Waals surface area contributed by atoms with Gasteiger partial charge in [0.1, 0.15) is 5.82 Å². The molecule has 100 valence electrons. The van der Waals surface area contributed by atoms with Crippen molar-refractivity contribution < 1.29 is 9.18 Å². The Bertz CT molecular complexity index is 589. The summed E-state index contributed by atoms with van der Waals surface area (Å²) in [6, 6.07) is 4.01. The molecule has 0 saturated carbocycles. The largest absolute Gasteiger partial charge is 0.323 e. The standard InChI is InChI=1S/C13H14FN3OS/c1-7-3-9(5-10(14)4-7)12(18)17-13-16-11(6-19-13)8(2)15/h3-6,8H,15H2,1-2H3,(H,16,17,18). The Morgan fingerprint density at radius 1 is 1.47 bits per heavy atom. The highest BCUT2D eigenvalue weighted by molar-refractivity contribution is 7.14. The number of nitrogens with one attached hydrogen (secondary N) is 1. The van der Waals surface area contributed by atoms with Gasteiger partial charge in [-0.25, -0.2) is 9.37 Å². The fraction of sp³-hybridized carbons (Fsp3) is 0.231. The molecular weight excluding hydrogens is 265 g/mol. The summed E-state index contributed by atoms with van der Waals surface area (Å²) >= 11 is 1.29. The van der Waals surface area contributed by atoms with Crippen LogP contribution in [0.1, 0.15) is 34.6 Å². The molecule has 1 aromatic carbocycles. The molecule has 0 bridgehead atoms. The lowest BCUT2D eigenvalue weighted by Gasteiger charge is -2.03. The van der Waals surface area contributed by atoms with Gasteiger partial charge in [0.25, 0.3) is 5.91 Å². The molecule has 2 aromatic rings. The Kier molecular flexibility index (Phi) is 3.92. The van der Waals surface area contributed by atoms with Crippen LogP contribution >= 0.6 is 11.3 Å². The van der Waals surface area contributed by atoms with E-state index in [2.05, 4.69) is 10.3 Å². The number of hydrogen-bond donors (Lipinski definition) is 2. The summed E-state index contributed by atoms with van der Waals surface area (Å²) in [6.07, 6.45) is 0. The number of thiazole rings is 1. The van der Waals surface area contributed by atoms with Crippen molar-refractivity contribution in [2.75, 3.05) is 5.32 Å². The van der Waals surface area contributed by atoms with E-state index in [0.29, 0.717) is 10.7 Å². The molecule has 0 aliphatic rings. The molecule has 0 aliphatic carbocycles. The van der Waals surface area contributed by atoms with E-state index in [0.717, 1.165) is 5.69 Å². The molecule has 0 aliphatic heterocycles. The average Bonchev–Trinajstić information content (AvgIpc) is 2.76. The molecule has 0 saturated heterocycles. The topological polar surface area (TPSA) is 68.0 Å². The number of aryl methyl sites for hydroxylation is 1. The molecule has 6 heteroatoms. The zero-order valence-electron chi connectivity index (χ0n) is 10.6. The van der Waals surface area contributed by atoms with Crippen molar-refractivity contribution in [1.82, 2.24) is 4.98 Å². The van der Waals surface area contributed by atoms with Crippen LogP contribution in [-0.4, -0.2) is 10.9 Å². The van der Waals surface area contributed by atoms with Gasteiger partial charge in [-0.2, -0.15) is 0 Å². The van der Waals surface area contributed by atoms with Gasteiger partial charge in [-0.05, 0) is 37.6 Å². The second-order valence-corrected chi connectivity index (χ2v) is 5.20. The number of benzene rings is 1. The highest BCUT2D eigenvalue weighted by Crippen LogP contribution is 2.20. The summed E-state index contributed by atoms with van der Waals surface area (Å²) in [5, 5.41) is 4.88.